The molecule has 1 unspecified atom stereocenters. The van der Waals surface area contributed by atoms with Crippen molar-refractivity contribution in [2.45, 2.75) is 38.4 Å². The van der Waals surface area contributed by atoms with Crippen molar-refractivity contribution in [3.05, 3.63) is 65.2 Å². The van der Waals surface area contributed by atoms with Crippen molar-refractivity contribution in [2.24, 2.45) is 0 Å². The lowest BCUT2D eigenvalue weighted by Crippen LogP contribution is -2.23. The molecule has 28 heavy (non-hydrogen) atoms. The van der Waals surface area contributed by atoms with E-state index < -0.39 is 6.09 Å². The van der Waals surface area contributed by atoms with Gasteiger partial charge in [-0.05, 0) is 43.0 Å². The minimum Gasteiger partial charge on any atom is -0.495 e. The molecule has 1 fully saturated rings. The Kier molecular flexibility index (Phi) is 6.94. The Labute approximate surface area is 166 Å². The van der Waals surface area contributed by atoms with E-state index in [4.69, 9.17) is 9.47 Å². The number of hydrogen-bond donors (Lipinski definition) is 2. The van der Waals surface area contributed by atoms with Crippen molar-refractivity contribution >= 4 is 6.09 Å². The highest BCUT2D eigenvalue weighted by Crippen LogP contribution is 2.26. The Morgan fingerprint density at radius 3 is 2.71 bits per heavy atom. The van der Waals surface area contributed by atoms with Gasteiger partial charge in [0.1, 0.15) is 5.75 Å². The molecule has 0 bridgehead atoms. The summed E-state index contributed by atoms with van der Waals surface area (Å²) in [4.78, 5) is 11.8. The fraction of sp³-hybridized carbons (Fsp3) is 0.348. The van der Waals surface area contributed by atoms with Crippen molar-refractivity contribution in [1.29, 1.82) is 0 Å². The third-order valence-electron chi connectivity index (χ3n) is 4.56. The van der Waals surface area contributed by atoms with Crippen LogP contribution in [-0.4, -0.2) is 25.9 Å². The first-order valence-corrected chi connectivity index (χ1v) is 9.53. The predicted octanol–water partition coefficient (Wildman–Crippen LogP) is 3.79. The lowest BCUT2D eigenvalue weighted by Gasteiger charge is -2.15. The minimum atomic E-state index is -0.485. The van der Waals surface area contributed by atoms with Gasteiger partial charge in [-0.3, -0.25) is 0 Å². The highest BCUT2D eigenvalue weighted by molar-refractivity contribution is 5.67. The van der Waals surface area contributed by atoms with Crippen LogP contribution >= 0.6 is 0 Å². The van der Waals surface area contributed by atoms with Gasteiger partial charge in [0, 0.05) is 18.6 Å². The second kappa shape index (κ2) is 9.82. The summed E-state index contributed by atoms with van der Waals surface area (Å²) < 4.78 is 10.5. The number of nitrogens with one attached hydrogen (secondary N) is 2. The van der Waals surface area contributed by atoms with Gasteiger partial charge in [0.2, 0.25) is 0 Å². The van der Waals surface area contributed by atoms with E-state index in [1.165, 1.54) is 18.4 Å². The van der Waals surface area contributed by atoms with Gasteiger partial charge in [-0.1, -0.05) is 48.2 Å². The normalized spacial score (nSPS) is 13.8. The molecule has 1 aliphatic carbocycles. The molecule has 3 rings (SSSR count). The first kappa shape index (κ1) is 19.8. The largest absolute Gasteiger partial charge is 0.495 e. The maximum Gasteiger partial charge on any atom is 0.408 e. The molecule has 146 valence electrons. The van der Waals surface area contributed by atoms with E-state index in [0.29, 0.717) is 18.3 Å². The van der Waals surface area contributed by atoms with Gasteiger partial charge in [-0.15, -0.1) is 0 Å². The van der Waals surface area contributed by atoms with Crippen molar-refractivity contribution < 1.29 is 14.3 Å². The van der Waals surface area contributed by atoms with Crippen LogP contribution in [0.2, 0.25) is 0 Å². The Morgan fingerprint density at radius 2 is 2.00 bits per heavy atom. The van der Waals surface area contributed by atoms with Gasteiger partial charge in [-0.2, -0.15) is 0 Å². The number of amides is 1. The molecule has 5 heteroatoms. The van der Waals surface area contributed by atoms with Crippen molar-refractivity contribution in [3.8, 4) is 17.6 Å². The van der Waals surface area contributed by atoms with Crippen molar-refractivity contribution in [1.82, 2.24) is 10.6 Å². The second-order valence-electron chi connectivity index (χ2n) is 6.84. The standard InChI is InChI=1S/C23H26N2O3/c1-17(25-21-11-12-21)19-10-13-22(27-2)20(15-19)9-6-14-28-23(26)24-16-18-7-4-3-5-8-18/h3-5,7-8,10,13,15,17,21,25H,11-12,14,16H2,1-2H3,(H,24,26). The summed E-state index contributed by atoms with van der Waals surface area (Å²) in [6.07, 6.45) is 2.01. The molecule has 2 aromatic carbocycles. The zero-order valence-corrected chi connectivity index (χ0v) is 16.3. The number of benzene rings is 2. The Bertz CT molecular complexity index is 851. The molecule has 0 saturated heterocycles. The quantitative estimate of drug-likeness (QED) is 0.720. The first-order chi connectivity index (χ1) is 13.7. The van der Waals surface area contributed by atoms with Crippen LogP contribution in [0.4, 0.5) is 4.79 Å². The van der Waals surface area contributed by atoms with Crippen LogP contribution in [0.15, 0.2) is 48.5 Å². The van der Waals surface area contributed by atoms with Gasteiger partial charge < -0.3 is 20.1 Å². The Morgan fingerprint density at radius 1 is 1.21 bits per heavy atom. The number of alkyl carbamates (subject to hydrolysis) is 1. The van der Waals surface area contributed by atoms with Crippen LogP contribution in [0.5, 0.6) is 5.75 Å². The highest BCUT2D eigenvalue weighted by atomic mass is 16.5. The van der Waals surface area contributed by atoms with Crippen LogP contribution in [-0.2, 0) is 11.3 Å². The average molecular weight is 378 g/mol. The molecule has 0 aromatic heterocycles. The lowest BCUT2D eigenvalue weighted by atomic mass is 10.0. The van der Waals surface area contributed by atoms with Crippen LogP contribution in [0.1, 0.15) is 42.5 Å². The predicted molar refractivity (Wildman–Crippen MR) is 109 cm³/mol. The van der Waals surface area contributed by atoms with E-state index in [1.807, 2.05) is 42.5 Å². The molecule has 1 amide bonds. The Balaban J connectivity index is 1.52. The fourth-order valence-electron chi connectivity index (χ4n) is 2.85. The highest BCUT2D eigenvalue weighted by Gasteiger charge is 2.23. The monoisotopic (exact) mass is 378 g/mol. The molecule has 0 radical (unpaired) electrons. The average Bonchev–Trinajstić information content (AvgIpc) is 3.54. The molecule has 1 aliphatic rings. The van der Waals surface area contributed by atoms with E-state index in [1.54, 1.807) is 7.11 Å². The number of ether oxygens (including phenoxy) is 2. The van der Waals surface area contributed by atoms with Crippen LogP contribution < -0.4 is 15.4 Å². The van der Waals surface area contributed by atoms with E-state index >= 15 is 0 Å². The maximum absolute atomic E-state index is 11.8. The fourth-order valence-corrected chi connectivity index (χ4v) is 2.85. The molecule has 0 aliphatic heterocycles. The second-order valence-corrected chi connectivity index (χ2v) is 6.84. The molecule has 0 spiro atoms. The molecule has 1 saturated carbocycles. The molecular weight excluding hydrogens is 352 g/mol. The number of carbonyl (C=O) groups excluding carboxylic acids is 1. The summed E-state index contributed by atoms with van der Waals surface area (Å²) in [6, 6.07) is 16.6. The zero-order valence-electron chi connectivity index (χ0n) is 16.3. The van der Waals surface area contributed by atoms with Gasteiger partial charge in [0.05, 0.1) is 12.7 Å². The van der Waals surface area contributed by atoms with Crippen LogP contribution in [0, 0.1) is 11.8 Å². The summed E-state index contributed by atoms with van der Waals surface area (Å²) in [5.41, 5.74) is 2.97. The molecule has 5 nitrogen and oxygen atoms in total. The first-order valence-electron chi connectivity index (χ1n) is 9.53. The summed E-state index contributed by atoms with van der Waals surface area (Å²) in [5, 5.41) is 6.28. The summed E-state index contributed by atoms with van der Waals surface area (Å²) in [7, 11) is 1.62. The number of carbonyl (C=O) groups is 1. The van der Waals surface area contributed by atoms with Gasteiger partial charge in [0.15, 0.2) is 6.61 Å². The third-order valence-corrected chi connectivity index (χ3v) is 4.56. The maximum atomic E-state index is 11.8. The van der Waals surface area contributed by atoms with Crippen LogP contribution in [0.3, 0.4) is 0 Å². The van der Waals surface area contributed by atoms with Gasteiger partial charge in [-0.25, -0.2) is 4.79 Å². The molecule has 0 heterocycles. The number of hydrogen-bond acceptors (Lipinski definition) is 4. The van der Waals surface area contributed by atoms with E-state index in [0.717, 1.165) is 11.1 Å². The minimum absolute atomic E-state index is 0.0177. The third kappa shape index (κ3) is 6.04. The topological polar surface area (TPSA) is 59.6 Å². The van der Waals surface area contributed by atoms with Crippen molar-refractivity contribution in [2.75, 3.05) is 13.7 Å². The molecule has 1 atom stereocenters. The van der Waals surface area contributed by atoms with E-state index in [2.05, 4.69) is 35.5 Å². The summed E-state index contributed by atoms with van der Waals surface area (Å²) in [5.74, 6) is 6.65. The van der Waals surface area contributed by atoms with E-state index in [-0.39, 0.29) is 12.6 Å². The number of rotatable bonds is 7. The van der Waals surface area contributed by atoms with Gasteiger partial charge in [0.25, 0.3) is 0 Å². The molecule has 2 N–H and O–H groups in total. The summed E-state index contributed by atoms with van der Waals surface area (Å²) >= 11 is 0. The molecule has 2 aromatic rings. The Hall–Kier alpha value is -2.97. The zero-order chi connectivity index (χ0) is 19.8. The SMILES string of the molecule is COc1ccc(C(C)NC2CC2)cc1C#CCOC(=O)NCc1ccccc1. The number of methoxy groups -OCH3 is 1. The van der Waals surface area contributed by atoms with Crippen molar-refractivity contribution in [3.63, 3.8) is 0 Å². The van der Waals surface area contributed by atoms with Crippen LogP contribution in [0.25, 0.3) is 0 Å². The molecular formula is C23H26N2O3. The van der Waals surface area contributed by atoms with Gasteiger partial charge >= 0.3 is 6.09 Å². The smallest absolute Gasteiger partial charge is 0.408 e. The lowest BCUT2D eigenvalue weighted by molar-refractivity contribution is 0.159. The van der Waals surface area contributed by atoms with E-state index in [9.17, 15) is 4.79 Å². The summed E-state index contributed by atoms with van der Waals surface area (Å²) in [6.45, 7) is 2.59.